The van der Waals surface area contributed by atoms with Crippen molar-refractivity contribution in [3.05, 3.63) is 16.6 Å². The van der Waals surface area contributed by atoms with Crippen LogP contribution in [0.1, 0.15) is 13.8 Å². The van der Waals surface area contributed by atoms with E-state index in [2.05, 4.69) is 21.2 Å². The minimum atomic E-state index is -3.60. The van der Waals surface area contributed by atoms with Crippen molar-refractivity contribution in [3.63, 3.8) is 0 Å². The molecule has 6 nitrogen and oxygen atoms in total. The number of rotatable bonds is 2. The smallest absolute Gasteiger partial charge is 0.244 e. The lowest BCUT2D eigenvalue weighted by Gasteiger charge is -2.37. The molecule has 0 bridgehead atoms. The zero-order valence-electron chi connectivity index (χ0n) is 12.5. The average molecular weight is 391 g/mol. The summed E-state index contributed by atoms with van der Waals surface area (Å²) in [5.74, 6) is 1.04. The number of sulfonamides is 1. The van der Waals surface area contributed by atoms with Crippen LogP contribution in [-0.4, -0.2) is 51.1 Å². The Morgan fingerprint density at radius 2 is 1.86 bits per heavy atom. The van der Waals surface area contributed by atoms with Gasteiger partial charge in [-0.2, -0.15) is 4.31 Å². The maximum Gasteiger partial charge on any atom is 0.244 e. The first-order chi connectivity index (χ1) is 10.4. The Bertz CT molecular complexity index is 680. The number of piperazine rings is 1. The topological polar surface area (TPSA) is 67.9 Å². The Morgan fingerprint density at radius 3 is 2.55 bits per heavy atom. The summed E-state index contributed by atoms with van der Waals surface area (Å²) in [6.45, 7) is 5.90. The maximum atomic E-state index is 13.0. The Hall–Kier alpha value is -0.830. The monoisotopic (exact) mass is 390 g/mol. The highest BCUT2D eigenvalue weighted by atomic mass is 79.9. The number of fused-ring (bicyclic) bond motifs is 1. The van der Waals surface area contributed by atoms with Gasteiger partial charge in [0.1, 0.15) is 18.1 Å². The Morgan fingerprint density at radius 1 is 1.23 bits per heavy atom. The fraction of sp³-hybridized carbons (Fsp3) is 0.571. The number of hydrogen-bond donors (Lipinski definition) is 1. The van der Waals surface area contributed by atoms with Gasteiger partial charge < -0.3 is 14.8 Å². The highest BCUT2D eigenvalue weighted by Crippen LogP contribution is 2.39. The lowest BCUT2D eigenvalue weighted by atomic mass is 10.1. The summed E-state index contributed by atoms with van der Waals surface area (Å²) in [7, 11) is -3.60. The molecule has 122 valence electrons. The summed E-state index contributed by atoms with van der Waals surface area (Å²) < 4.78 is 39.1. The number of halogens is 1. The van der Waals surface area contributed by atoms with Crippen LogP contribution >= 0.6 is 15.9 Å². The number of nitrogens with zero attached hydrogens (tertiary/aromatic N) is 1. The molecule has 2 aliphatic heterocycles. The molecule has 2 heterocycles. The van der Waals surface area contributed by atoms with Gasteiger partial charge in [-0.25, -0.2) is 8.42 Å². The summed E-state index contributed by atoms with van der Waals surface area (Å²) in [6.07, 6.45) is 0. The summed E-state index contributed by atoms with van der Waals surface area (Å²) in [6, 6.07) is 3.21. The van der Waals surface area contributed by atoms with Crippen molar-refractivity contribution in [2.75, 3.05) is 26.3 Å². The van der Waals surface area contributed by atoms with E-state index in [-0.39, 0.29) is 17.0 Å². The van der Waals surface area contributed by atoms with Gasteiger partial charge in [-0.1, -0.05) is 0 Å². The van der Waals surface area contributed by atoms with E-state index in [1.165, 1.54) is 0 Å². The maximum absolute atomic E-state index is 13.0. The number of nitrogens with one attached hydrogen (secondary N) is 1. The Balaban J connectivity index is 2.02. The van der Waals surface area contributed by atoms with E-state index >= 15 is 0 Å². The molecule has 0 saturated carbocycles. The Kier molecular flexibility index (Phi) is 4.37. The third-order valence-electron chi connectivity index (χ3n) is 4.16. The van der Waals surface area contributed by atoms with E-state index in [1.54, 1.807) is 16.4 Å². The molecule has 2 aliphatic rings. The largest absolute Gasteiger partial charge is 0.486 e. The second kappa shape index (κ2) is 5.99. The highest BCUT2D eigenvalue weighted by Gasteiger charge is 2.36. The highest BCUT2D eigenvalue weighted by molar-refractivity contribution is 9.10. The van der Waals surface area contributed by atoms with Crippen LogP contribution in [-0.2, 0) is 10.0 Å². The standard InChI is InChI=1S/C14H19BrN2O4S/c1-9-10(2)17(4-3-16-9)22(18,19)14-8-13-12(7-11(14)15)20-5-6-21-13/h7-10,16H,3-6H2,1-2H3. The molecule has 1 aromatic rings. The van der Waals surface area contributed by atoms with Crippen LogP contribution < -0.4 is 14.8 Å². The molecule has 3 rings (SSSR count). The average Bonchev–Trinajstić information content (AvgIpc) is 2.49. The molecule has 1 N–H and O–H groups in total. The van der Waals surface area contributed by atoms with Gasteiger partial charge in [0, 0.05) is 35.7 Å². The molecule has 2 unspecified atom stereocenters. The van der Waals surface area contributed by atoms with Crippen molar-refractivity contribution in [3.8, 4) is 11.5 Å². The van der Waals surface area contributed by atoms with Crippen LogP contribution in [0.2, 0.25) is 0 Å². The van der Waals surface area contributed by atoms with Crippen molar-refractivity contribution in [1.29, 1.82) is 0 Å². The van der Waals surface area contributed by atoms with Gasteiger partial charge in [-0.3, -0.25) is 0 Å². The SMILES string of the molecule is CC1NCCN(S(=O)(=O)c2cc3c(cc2Br)OCCO3)C1C. The third kappa shape index (κ3) is 2.73. The summed E-state index contributed by atoms with van der Waals surface area (Å²) >= 11 is 3.36. The molecule has 0 amide bonds. The third-order valence-corrected chi connectivity index (χ3v) is 7.10. The van der Waals surface area contributed by atoms with Gasteiger partial charge in [0.2, 0.25) is 10.0 Å². The molecule has 8 heteroatoms. The van der Waals surface area contributed by atoms with Gasteiger partial charge >= 0.3 is 0 Å². The van der Waals surface area contributed by atoms with Gasteiger partial charge in [-0.05, 0) is 35.8 Å². The summed E-state index contributed by atoms with van der Waals surface area (Å²) in [4.78, 5) is 0.220. The van der Waals surface area contributed by atoms with E-state index in [0.29, 0.717) is 42.3 Å². The first kappa shape index (κ1) is 16.0. The first-order valence-electron chi connectivity index (χ1n) is 7.25. The van der Waals surface area contributed by atoms with Crippen molar-refractivity contribution in [1.82, 2.24) is 9.62 Å². The molecule has 0 radical (unpaired) electrons. The molecule has 0 spiro atoms. The van der Waals surface area contributed by atoms with E-state index in [1.807, 2.05) is 13.8 Å². The van der Waals surface area contributed by atoms with Gasteiger partial charge in [0.15, 0.2) is 11.5 Å². The normalized spacial score (nSPS) is 26.0. The predicted octanol–water partition coefficient (Wildman–Crippen LogP) is 1.59. The molecule has 1 saturated heterocycles. The summed E-state index contributed by atoms with van der Waals surface area (Å²) in [5.41, 5.74) is 0. The summed E-state index contributed by atoms with van der Waals surface area (Å²) in [5, 5.41) is 3.29. The van der Waals surface area contributed by atoms with E-state index in [9.17, 15) is 8.42 Å². The van der Waals surface area contributed by atoms with Crippen LogP contribution in [0.4, 0.5) is 0 Å². The number of ether oxygens (including phenoxy) is 2. The number of benzene rings is 1. The quantitative estimate of drug-likeness (QED) is 0.830. The second-order valence-corrected chi connectivity index (χ2v) is 8.24. The van der Waals surface area contributed by atoms with Crippen molar-refractivity contribution >= 4 is 26.0 Å². The Labute approximate surface area is 139 Å². The van der Waals surface area contributed by atoms with E-state index in [0.717, 1.165) is 0 Å². The van der Waals surface area contributed by atoms with E-state index < -0.39 is 10.0 Å². The zero-order valence-corrected chi connectivity index (χ0v) is 14.9. The van der Waals surface area contributed by atoms with Crippen molar-refractivity contribution in [2.45, 2.75) is 30.8 Å². The second-order valence-electron chi connectivity index (χ2n) is 5.53. The van der Waals surface area contributed by atoms with Crippen LogP contribution in [0.3, 0.4) is 0 Å². The number of hydrogen-bond acceptors (Lipinski definition) is 5. The lowest BCUT2D eigenvalue weighted by Crippen LogP contribution is -2.57. The van der Waals surface area contributed by atoms with Gasteiger partial charge in [0.25, 0.3) is 0 Å². The predicted molar refractivity (Wildman–Crippen MR) is 86.0 cm³/mol. The van der Waals surface area contributed by atoms with Crippen LogP contribution in [0, 0.1) is 0 Å². The molecule has 1 aromatic carbocycles. The van der Waals surface area contributed by atoms with Crippen LogP contribution in [0.15, 0.2) is 21.5 Å². The van der Waals surface area contributed by atoms with Gasteiger partial charge in [0.05, 0.1) is 0 Å². The molecule has 2 atom stereocenters. The molecular weight excluding hydrogens is 372 g/mol. The molecular formula is C14H19BrN2O4S. The molecule has 0 aliphatic carbocycles. The van der Waals surface area contributed by atoms with E-state index in [4.69, 9.17) is 9.47 Å². The fourth-order valence-electron chi connectivity index (χ4n) is 2.73. The fourth-order valence-corrected chi connectivity index (χ4v) is 5.44. The van der Waals surface area contributed by atoms with Crippen molar-refractivity contribution in [2.24, 2.45) is 0 Å². The van der Waals surface area contributed by atoms with Crippen LogP contribution in [0.5, 0.6) is 11.5 Å². The van der Waals surface area contributed by atoms with Gasteiger partial charge in [-0.15, -0.1) is 0 Å². The van der Waals surface area contributed by atoms with Crippen LogP contribution in [0.25, 0.3) is 0 Å². The lowest BCUT2D eigenvalue weighted by molar-refractivity contribution is 0.170. The van der Waals surface area contributed by atoms with Crippen molar-refractivity contribution < 1.29 is 17.9 Å². The zero-order chi connectivity index (χ0) is 15.9. The molecule has 0 aromatic heterocycles. The molecule has 1 fully saturated rings. The molecule has 22 heavy (non-hydrogen) atoms. The minimum absolute atomic E-state index is 0.111. The minimum Gasteiger partial charge on any atom is -0.486 e. The first-order valence-corrected chi connectivity index (χ1v) is 9.49.